The van der Waals surface area contributed by atoms with Crippen molar-refractivity contribution in [3.63, 3.8) is 0 Å². The van der Waals surface area contributed by atoms with E-state index in [4.69, 9.17) is 42.6 Å². The van der Waals surface area contributed by atoms with Crippen molar-refractivity contribution in [2.45, 2.75) is 123 Å². The van der Waals surface area contributed by atoms with Crippen LogP contribution >= 0.6 is 0 Å². The highest BCUT2D eigenvalue weighted by atomic mass is 32.3. The van der Waals surface area contributed by atoms with Crippen LogP contribution in [0.15, 0.2) is 0 Å². The van der Waals surface area contributed by atoms with Gasteiger partial charge in [0.25, 0.3) is 0 Å². The minimum Gasteiger partial charge on any atom is -0.735 e. The summed E-state index contributed by atoms with van der Waals surface area (Å²) in [6.45, 7) is -3.47. The van der Waals surface area contributed by atoms with Crippen LogP contribution in [0.25, 0.3) is 0 Å². The van der Waals surface area contributed by atoms with E-state index >= 15 is 0 Å². The first-order valence-electron chi connectivity index (χ1n) is 18.9. The quantitative estimate of drug-likeness (QED) is 0.0348. The second kappa shape index (κ2) is 25.2. The molecule has 4 saturated heterocycles. The Kier molecular flexibility index (Phi) is 22.4. The van der Waals surface area contributed by atoms with Crippen LogP contribution in [0.2, 0.25) is 0 Å². The van der Waals surface area contributed by atoms with Gasteiger partial charge in [-0.2, -0.15) is 0 Å². The Bertz CT molecular complexity index is 2620. The van der Waals surface area contributed by atoms with E-state index in [0.717, 1.165) is 4.72 Å². The van der Waals surface area contributed by atoms with E-state index in [-0.39, 0.29) is 6.15 Å². The first-order valence-corrected chi connectivity index (χ1v) is 27.0. The Hall–Kier alpha value is -2.40. The number of carbonyl (C=O) groups excluding carboxylic acids is 2. The summed E-state index contributed by atoms with van der Waals surface area (Å²) in [5.74, 6) is -4.90. The third kappa shape index (κ3) is 18.4. The van der Waals surface area contributed by atoms with Crippen molar-refractivity contribution < 1.29 is 177 Å². The highest BCUT2D eigenvalue weighted by molar-refractivity contribution is 7.84. The standard InChI is InChI=1S/C26H44N2O39S6.H3N/c1-55-16-12(32)18(67-73(52,53)54)26(65-19(16)21(33)34)61-13-5(3-57-70(43,44)45)60-24(7(9(13)29)27-68(37,38)39)63-17-10(30)11(31)25(64-20(17)22(35)36)62-14-6(4-58-71(46,47)48)59-23(56-2)8(28-69(40,41)42)15(14)66-72(49,50)51;/h5-20,23-32H,3-4H2,1-2H3,(H,33,34)(H,35,36)(H,37,38,39)(H,40,41,42)(H,43,44,45)(H,46,47,48)(H,49,50,51)(H,52,53,54);1H3/p-8. The molecule has 0 bridgehead atoms. The Labute approximate surface area is 416 Å². The fraction of sp³-hybridized carbons (Fsp3) is 0.923. The zero-order chi connectivity index (χ0) is 55.7. The number of hydrogen-bond acceptors (Lipinski definition) is 40. The summed E-state index contributed by atoms with van der Waals surface area (Å²) < 4.78 is 275. The number of carboxylic acids is 2. The average Bonchev–Trinajstić information content (AvgIpc) is 3.21. The molecule has 4 rings (SSSR count). The first kappa shape index (κ1) is 65.9. The molecule has 0 aromatic heterocycles. The molecule has 0 spiro atoms. The smallest absolute Gasteiger partial charge is 0.218 e. The van der Waals surface area contributed by atoms with E-state index in [9.17, 15) is 118 Å². The van der Waals surface area contributed by atoms with Crippen LogP contribution in [0, 0.1) is 0 Å². The minimum absolute atomic E-state index is 0. The maximum absolute atomic E-state index is 12.6. The molecule has 0 aromatic rings. The van der Waals surface area contributed by atoms with E-state index in [1.54, 1.807) is 0 Å². The highest BCUT2D eigenvalue weighted by Crippen LogP contribution is 2.37. The summed E-state index contributed by atoms with van der Waals surface area (Å²) in [7, 11) is -34.4. The van der Waals surface area contributed by atoms with E-state index in [1.165, 1.54) is 4.72 Å². The van der Waals surface area contributed by atoms with Gasteiger partial charge < -0.3 is 116 Å². The normalized spacial score (nSPS) is 37.9. The Morgan fingerprint density at radius 1 is 0.459 bits per heavy atom. The van der Waals surface area contributed by atoms with E-state index in [0.29, 0.717) is 14.2 Å². The minimum atomic E-state index is -6.17. The summed E-state index contributed by atoms with van der Waals surface area (Å²) in [5, 5.41) is 69.2. The van der Waals surface area contributed by atoms with Crippen molar-refractivity contribution in [1.82, 2.24) is 15.6 Å². The molecule has 4 aliphatic rings. The molecule has 4 aliphatic heterocycles. The van der Waals surface area contributed by atoms with Gasteiger partial charge in [0, 0.05) is 14.2 Å². The molecule has 9 N–H and O–H groups in total. The lowest BCUT2D eigenvalue weighted by Gasteiger charge is -2.51. The summed E-state index contributed by atoms with van der Waals surface area (Å²) in [5.41, 5.74) is 0. The zero-order valence-corrected chi connectivity index (χ0v) is 41.1. The lowest BCUT2D eigenvalue weighted by molar-refractivity contribution is -0.386. The van der Waals surface area contributed by atoms with Gasteiger partial charge in [-0.15, -0.1) is 0 Å². The molecule has 20 atom stereocenters. The van der Waals surface area contributed by atoms with Gasteiger partial charge in [-0.05, 0) is 0 Å². The number of aliphatic carboxylic acids is 2. The van der Waals surface area contributed by atoms with Crippen molar-refractivity contribution in [3.8, 4) is 0 Å². The number of ether oxygens (including phenoxy) is 9. The molecule has 42 nitrogen and oxygen atoms in total. The largest absolute Gasteiger partial charge is 0.735 e. The second-order valence-corrected chi connectivity index (χ2v) is 21.2. The molecule has 48 heteroatoms. The van der Waals surface area contributed by atoms with Crippen LogP contribution in [-0.4, -0.2) is 260 Å². The molecule has 74 heavy (non-hydrogen) atoms. The molecule has 0 aliphatic carbocycles. The van der Waals surface area contributed by atoms with Gasteiger partial charge in [-0.3, -0.25) is 16.7 Å². The molecule has 4 fully saturated rings. The Morgan fingerprint density at radius 3 is 1.32 bits per heavy atom. The molecule has 0 radical (unpaired) electrons. The van der Waals surface area contributed by atoms with E-state index in [1.807, 2.05) is 0 Å². The van der Waals surface area contributed by atoms with Crippen LogP contribution in [0.3, 0.4) is 0 Å². The van der Waals surface area contributed by atoms with E-state index in [2.05, 4.69) is 16.7 Å². The fourth-order valence-corrected chi connectivity index (χ4v) is 10.0. The van der Waals surface area contributed by atoms with Gasteiger partial charge >= 0.3 is 0 Å². The summed E-state index contributed by atoms with van der Waals surface area (Å²) in [6, 6.07) is -5.49. The lowest BCUT2D eigenvalue weighted by Crippen LogP contribution is -2.71. The SMILES string of the molecule is COC1OC(COS(=O)(=O)[O-])C(OC2OC(C(=O)[O-])C(OC3OC(COS(=O)(=O)[O-])C(OC4OC(C(=O)[O-])C(OC)C(O)C4OS(=O)(=O)[O-])C(O)C3NS(=O)(=O)[O-])C(O)C2O)C(OS(=O)(=O)[O-])C1NS(=O)(=O)[O-].N. The monoisotopic (exact) mass is 1210 g/mol. The number of methoxy groups -OCH3 is 2. The number of carbonyl (C=O) groups is 2. The third-order valence-electron chi connectivity index (χ3n) is 10.00. The Morgan fingerprint density at radius 2 is 0.878 bits per heavy atom. The van der Waals surface area contributed by atoms with Gasteiger partial charge in [0.15, 0.2) is 51.9 Å². The topological polar surface area (TPSA) is 683 Å². The van der Waals surface area contributed by atoms with Gasteiger partial charge in [0.1, 0.15) is 91.4 Å². The molecule has 436 valence electrons. The number of rotatable bonds is 24. The van der Waals surface area contributed by atoms with Crippen molar-refractivity contribution >= 4 is 74.1 Å². The predicted octanol–water partition coefficient (Wildman–Crippen LogP) is -14.7. The molecule has 20 unspecified atom stereocenters. The average molecular weight is 1210 g/mol. The van der Waals surface area contributed by atoms with Crippen LogP contribution in [0.5, 0.6) is 0 Å². The first-order chi connectivity index (χ1) is 33.1. The van der Waals surface area contributed by atoms with Crippen LogP contribution in [0.1, 0.15) is 0 Å². The summed E-state index contributed by atoms with van der Waals surface area (Å²) in [6.07, 6.45) is -49.7. The van der Waals surface area contributed by atoms with E-state index < -0.39 is 210 Å². The number of nitrogens with one attached hydrogen (secondary N) is 2. The van der Waals surface area contributed by atoms with Gasteiger partial charge in [0.2, 0.25) is 41.6 Å². The van der Waals surface area contributed by atoms with Gasteiger partial charge in [-0.25, -0.2) is 60.0 Å². The summed E-state index contributed by atoms with van der Waals surface area (Å²) >= 11 is 0. The molecule has 0 amide bonds. The van der Waals surface area contributed by atoms with Crippen LogP contribution in [-0.2, 0) is 131 Å². The molecular weight excluding hydrogens is 1170 g/mol. The molecule has 0 aromatic carbocycles. The maximum atomic E-state index is 12.6. The second-order valence-electron chi connectivity index (χ2n) is 14.8. The van der Waals surface area contributed by atoms with Crippen LogP contribution in [0.4, 0.5) is 0 Å². The van der Waals surface area contributed by atoms with Crippen LogP contribution < -0.4 is 25.8 Å². The maximum Gasteiger partial charge on any atom is 0.218 e. The molecular formula is C26H39N3O39S6-8. The molecule has 0 saturated carbocycles. The van der Waals surface area contributed by atoms with Crippen molar-refractivity contribution in [3.05, 3.63) is 0 Å². The number of aliphatic hydroxyl groups excluding tert-OH is 4. The van der Waals surface area contributed by atoms with Crippen molar-refractivity contribution in [2.24, 2.45) is 0 Å². The van der Waals surface area contributed by atoms with Gasteiger partial charge in [-0.1, -0.05) is 0 Å². The number of carboxylic acid groups (broad SMARTS) is 2. The number of hydrogen-bond donors (Lipinski definition) is 7. The summed E-state index contributed by atoms with van der Waals surface area (Å²) in [4.78, 5) is 24.5. The van der Waals surface area contributed by atoms with Crippen molar-refractivity contribution in [1.29, 1.82) is 0 Å². The number of aliphatic hydroxyl groups is 4. The highest BCUT2D eigenvalue weighted by Gasteiger charge is 2.58. The Balaban J connectivity index is 0.0000144. The fourth-order valence-electron chi connectivity index (χ4n) is 7.26. The predicted molar refractivity (Wildman–Crippen MR) is 200 cm³/mol. The van der Waals surface area contributed by atoms with Gasteiger partial charge in [0.05, 0.1) is 25.2 Å². The van der Waals surface area contributed by atoms with Crippen molar-refractivity contribution in [2.75, 3.05) is 27.4 Å². The lowest BCUT2D eigenvalue weighted by atomic mass is 9.94. The molecule has 4 heterocycles. The zero-order valence-electron chi connectivity index (χ0n) is 36.2. The third-order valence-corrected chi connectivity index (χ3v) is 12.9.